The highest BCUT2D eigenvalue weighted by atomic mass is 35.5. The Morgan fingerprint density at radius 1 is 1.21 bits per heavy atom. The minimum absolute atomic E-state index is 0.490. The first kappa shape index (κ1) is 12.1. The molecule has 0 radical (unpaired) electrons. The molecular formula is C15H13ClN2O. The van der Waals surface area contributed by atoms with E-state index in [0.29, 0.717) is 22.2 Å². The maximum absolute atomic E-state index is 6.15. The van der Waals surface area contributed by atoms with Gasteiger partial charge in [-0.1, -0.05) is 29.3 Å². The first-order chi connectivity index (χ1) is 9.06. The van der Waals surface area contributed by atoms with E-state index in [0.717, 1.165) is 22.2 Å². The van der Waals surface area contributed by atoms with Crippen LogP contribution in [0.15, 0.2) is 34.7 Å². The lowest BCUT2D eigenvalue weighted by atomic mass is 10.1. The predicted molar refractivity (Wildman–Crippen MR) is 78.3 cm³/mol. The van der Waals surface area contributed by atoms with Crippen LogP contribution < -0.4 is 5.73 Å². The molecule has 3 nitrogen and oxygen atoms in total. The van der Waals surface area contributed by atoms with E-state index in [9.17, 15) is 0 Å². The van der Waals surface area contributed by atoms with Gasteiger partial charge in [0.15, 0.2) is 5.58 Å². The molecule has 19 heavy (non-hydrogen) atoms. The Morgan fingerprint density at radius 2 is 2.00 bits per heavy atom. The first-order valence-electron chi connectivity index (χ1n) is 5.98. The Labute approximate surface area is 116 Å². The molecule has 0 saturated carbocycles. The van der Waals surface area contributed by atoms with Crippen LogP contribution in [0, 0.1) is 13.8 Å². The average Bonchev–Trinajstić information content (AvgIpc) is 2.82. The van der Waals surface area contributed by atoms with Gasteiger partial charge >= 0.3 is 0 Å². The average molecular weight is 273 g/mol. The van der Waals surface area contributed by atoms with Crippen molar-refractivity contribution in [2.24, 2.45) is 0 Å². The van der Waals surface area contributed by atoms with Crippen molar-refractivity contribution in [3.8, 4) is 11.5 Å². The molecule has 0 saturated heterocycles. The summed E-state index contributed by atoms with van der Waals surface area (Å²) in [6, 6.07) is 9.69. The zero-order chi connectivity index (χ0) is 13.6. The van der Waals surface area contributed by atoms with Gasteiger partial charge in [-0.15, -0.1) is 0 Å². The second kappa shape index (κ2) is 4.28. The predicted octanol–water partition coefficient (Wildman–Crippen LogP) is 4.35. The highest BCUT2D eigenvalue weighted by molar-refractivity contribution is 6.35. The zero-order valence-electron chi connectivity index (χ0n) is 10.7. The minimum Gasteiger partial charge on any atom is -0.434 e. The van der Waals surface area contributed by atoms with E-state index in [4.69, 9.17) is 21.8 Å². The highest BCUT2D eigenvalue weighted by Gasteiger charge is 2.15. The number of aryl methyl sites for hydroxylation is 2. The molecule has 4 heteroatoms. The fourth-order valence-electron chi connectivity index (χ4n) is 2.08. The minimum atomic E-state index is 0.490. The van der Waals surface area contributed by atoms with Crippen LogP contribution in [-0.4, -0.2) is 4.98 Å². The third kappa shape index (κ3) is 1.96. The SMILES string of the molecule is Cc1cccc(-c2nc3c(C)c(N)cc(Cl)c3o2)c1. The fraction of sp³-hybridized carbons (Fsp3) is 0.133. The Morgan fingerprint density at radius 3 is 2.74 bits per heavy atom. The van der Waals surface area contributed by atoms with Crippen molar-refractivity contribution < 1.29 is 4.42 Å². The summed E-state index contributed by atoms with van der Waals surface area (Å²) >= 11 is 6.15. The number of nitrogens with two attached hydrogens (primary N) is 1. The van der Waals surface area contributed by atoms with Crippen LogP contribution in [-0.2, 0) is 0 Å². The van der Waals surface area contributed by atoms with Crippen LogP contribution in [0.3, 0.4) is 0 Å². The molecular weight excluding hydrogens is 260 g/mol. The summed E-state index contributed by atoms with van der Waals surface area (Å²) in [7, 11) is 0. The molecule has 2 N–H and O–H groups in total. The van der Waals surface area contributed by atoms with Crippen LogP contribution in [0.1, 0.15) is 11.1 Å². The van der Waals surface area contributed by atoms with Gasteiger partial charge in [-0.3, -0.25) is 0 Å². The maximum atomic E-state index is 6.15. The first-order valence-corrected chi connectivity index (χ1v) is 6.36. The molecule has 3 rings (SSSR count). The van der Waals surface area contributed by atoms with Crippen LogP contribution in [0.25, 0.3) is 22.6 Å². The summed E-state index contributed by atoms with van der Waals surface area (Å²) in [5.74, 6) is 0.564. The number of halogens is 1. The molecule has 0 aliphatic heterocycles. The van der Waals surface area contributed by atoms with Gasteiger partial charge in [0.1, 0.15) is 5.52 Å². The van der Waals surface area contributed by atoms with Crippen molar-refractivity contribution in [2.45, 2.75) is 13.8 Å². The molecule has 1 aromatic heterocycles. The van der Waals surface area contributed by atoms with E-state index >= 15 is 0 Å². The Kier molecular flexibility index (Phi) is 2.72. The summed E-state index contributed by atoms with van der Waals surface area (Å²) in [5, 5.41) is 0.490. The maximum Gasteiger partial charge on any atom is 0.227 e. The summed E-state index contributed by atoms with van der Waals surface area (Å²) in [5.41, 5.74) is 10.8. The number of oxazole rings is 1. The number of hydrogen-bond acceptors (Lipinski definition) is 3. The van der Waals surface area contributed by atoms with Gasteiger partial charge in [0, 0.05) is 16.8 Å². The Bertz CT molecular complexity index is 777. The van der Waals surface area contributed by atoms with E-state index in [1.54, 1.807) is 6.07 Å². The van der Waals surface area contributed by atoms with E-state index in [-0.39, 0.29) is 0 Å². The summed E-state index contributed by atoms with van der Waals surface area (Å²) in [6.45, 7) is 3.94. The smallest absolute Gasteiger partial charge is 0.227 e. The van der Waals surface area contributed by atoms with Crippen LogP contribution in [0.5, 0.6) is 0 Å². The molecule has 96 valence electrons. The lowest BCUT2D eigenvalue weighted by molar-refractivity contribution is 0.620. The molecule has 0 unspecified atom stereocenters. The number of aromatic nitrogens is 1. The molecule has 0 spiro atoms. The lowest BCUT2D eigenvalue weighted by Gasteiger charge is -2.00. The normalized spacial score (nSPS) is 11.1. The third-order valence-corrected chi connectivity index (χ3v) is 3.46. The Balaban J connectivity index is 2.28. The van der Waals surface area contributed by atoms with Gasteiger partial charge < -0.3 is 10.2 Å². The highest BCUT2D eigenvalue weighted by Crippen LogP contribution is 2.34. The number of fused-ring (bicyclic) bond motifs is 1. The number of benzene rings is 2. The number of nitrogen functional groups attached to an aromatic ring is 1. The molecule has 0 aliphatic carbocycles. The van der Waals surface area contributed by atoms with Crippen molar-refractivity contribution in [3.05, 3.63) is 46.5 Å². The van der Waals surface area contributed by atoms with Gasteiger partial charge in [0.05, 0.1) is 5.02 Å². The summed E-state index contributed by atoms with van der Waals surface area (Å²) < 4.78 is 5.78. The van der Waals surface area contributed by atoms with Crippen LogP contribution in [0.4, 0.5) is 5.69 Å². The molecule has 0 amide bonds. The van der Waals surface area contributed by atoms with Gasteiger partial charge in [-0.25, -0.2) is 4.98 Å². The van der Waals surface area contributed by atoms with Crippen molar-refractivity contribution >= 4 is 28.4 Å². The van der Waals surface area contributed by atoms with Crippen molar-refractivity contribution in [1.82, 2.24) is 4.98 Å². The van der Waals surface area contributed by atoms with E-state index in [1.165, 1.54) is 0 Å². The van der Waals surface area contributed by atoms with E-state index in [2.05, 4.69) is 4.98 Å². The monoisotopic (exact) mass is 272 g/mol. The number of anilines is 1. The molecule has 0 bridgehead atoms. The molecule has 0 fully saturated rings. The van der Waals surface area contributed by atoms with E-state index < -0.39 is 0 Å². The number of nitrogens with zero attached hydrogens (tertiary/aromatic N) is 1. The second-order valence-corrected chi connectivity index (χ2v) is 5.05. The zero-order valence-corrected chi connectivity index (χ0v) is 11.5. The topological polar surface area (TPSA) is 52.0 Å². The number of hydrogen-bond donors (Lipinski definition) is 1. The molecule has 0 aliphatic rings. The van der Waals surface area contributed by atoms with Crippen molar-refractivity contribution in [2.75, 3.05) is 5.73 Å². The molecule has 2 aromatic carbocycles. The molecule has 3 aromatic rings. The molecule has 0 atom stereocenters. The lowest BCUT2D eigenvalue weighted by Crippen LogP contribution is -1.90. The van der Waals surface area contributed by atoms with Gasteiger partial charge in [-0.2, -0.15) is 0 Å². The number of rotatable bonds is 1. The van der Waals surface area contributed by atoms with Gasteiger partial charge in [-0.05, 0) is 32.0 Å². The van der Waals surface area contributed by atoms with Gasteiger partial charge in [0.25, 0.3) is 0 Å². The van der Waals surface area contributed by atoms with Crippen LogP contribution in [0.2, 0.25) is 5.02 Å². The second-order valence-electron chi connectivity index (χ2n) is 4.64. The third-order valence-electron chi connectivity index (χ3n) is 3.18. The fourth-order valence-corrected chi connectivity index (χ4v) is 2.33. The summed E-state index contributed by atoms with van der Waals surface area (Å²) in [6.07, 6.45) is 0. The molecule has 1 heterocycles. The van der Waals surface area contributed by atoms with Crippen molar-refractivity contribution in [3.63, 3.8) is 0 Å². The summed E-state index contributed by atoms with van der Waals surface area (Å²) in [4.78, 5) is 4.51. The van der Waals surface area contributed by atoms with Crippen molar-refractivity contribution in [1.29, 1.82) is 0 Å². The standard InChI is InChI=1S/C15H13ClN2O/c1-8-4-3-5-10(6-8)15-18-13-9(2)12(17)7-11(16)14(13)19-15/h3-7H,17H2,1-2H3. The van der Waals surface area contributed by atoms with Gasteiger partial charge in [0.2, 0.25) is 5.89 Å². The quantitative estimate of drug-likeness (QED) is 0.670. The van der Waals surface area contributed by atoms with E-state index in [1.807, 2.05) is 38.1 Å². The largest absolute Gasteiger partial charge is 0.434 e. The Hall–Kier alpha value is -2.00. The van der Waals surface area contributed by atoms with Crippen LogP contribution >= 0.6 is 11.6 Å².